The molecule has 0 radical (unpaired) electrons. The molecule has 0 bridgehead atoms. The van der Waals surface area contributed by atoms with Crippen LogP contribution in [0.3, 0.4) is 0 Å². The maximum atomic E-state index is 11.4. The highest BCUT2D eigenvalue weighted by Crippen LogP contribution is 2.36. The number of aliphatic hydroxyl groups is 1. The lowest BCUT2D eigenvalue weighted by molar-refractivity contribution is -0.137. The Morgan fingerprint density at radius 3 is 2.29 bits per heavy atom. The van der Waals surface area contributed by atoms with Crippen LogP contribution in [-0.4, -0.2) is 17.7 Å². The van der Waals surface area contributed by atoms with E-state index in [4.69, 9.17) is 4.74 Å². The Kier molecular flexibility index (Phi) is 8.20. The van der Waals surface area contributed by atoms with Gasteiger partial charge in [0.1, 0.15) is 0 Å². The van der Waals surface area contributed by atoms with Gasteiger partial charge in [0.25, 0.3) is 0 Å². The number of hydrogen-bond donors (Lipinski definition) is 1. The van der Waals surface area contributed by atoms with Gasteiger partial charge in [-0.3, -0.25) is 0 Å². The largest absolute Gasteiger partial charge is 0.462 e. The van der Waals surface area contributed by atoms with E-state index in [0.29, 0.717) is 12.3 Å². The van der Waals surface area contributed by atoms with Crippen molar-refractivity contribution in [2.24, 2.45) is 5.92 Å². The van der Waals surface area contributed by atoms with E-state index in [1.165, 1.54) is 47.9 Å². The summed E-state index contributed by atoms with van der Waals surface area (Å²) in [4.78, 5) is 11.4. The SMILES string of the molecule is C=CC(=O)OCCc1cc(-c2ccc(-c3ccc(C4CCC(C)CC4)cc3)cc2C)ccc1CO. The summed E-state index contributed by atoms with van der Waals surface area (Å²) in [7, 11) is 0. The highest BCUT2D eigenvalue weighted by atomic mass is 16.5. The molecule has 1 aliphatic rings. The van der Waals surface area contributed by atoms with E-state index < -0.39 is 5.97 Å². The summed E-state index contributed by atoms with van der Waals surface area (Å²) in [5, 5.41) is 9.74. The average Bonchev–Trinajstić information content (AvgIpc) is 2.89. The maximum Gasteiger partial charge on any atom is 0.330 e. The summed E-state index contributed by atoms with van der Waals surface area (Å²) in [5.41, 5.74) is 9.24. The fraction of sp³-hybridized carbons (Fsp3) is 0.344. The van der Waals surface area contributed by atoms with Crippen LogP contribution in [-0.2, 0) is 22.6 Å². The van der Waals surface area contributed by atoms with E-state index in [9.17, 15) is 9.90 Å². The number of aryl methyl sites for hydroxylation is 1. The van der Waals surface area contributed by atoms with E-state index in [2.05, 4.69) is 69.0 Å². The van der Waals surface area contributed by atoms with E-state index in [0.717, 1.165) is 34.2 Å². The van der Waals surface area contributed by atoms with Gasteiger partial charge in [-0.15, -0.1) is 0 Å². The van der Waals surface area contributed by atoms with Gasteiger partial charge in [0.05, 0.1) is 13.2 Å². The van der Waals surface area contributed by atoms with E-state index in [1.54, 1.807) is 0 Å². The second-order valence-electron chi connectivity index (χ2n) is 9.87. The average molecular weight is 469 g/mol. The van der Waals surface area contributed by atoms with Crippen molar-refractivity contribution in [1.29, 1.82) is 0 Å². The Hall–Kier alpha value is -3.17. The van der Waals surface area contributed by atoms with Gasteiger partial charge < -0.3 is 9.84 Å². The van der Waals surface area contributed by atoms with Crippen LogP contribution in [0, 0.1) is 12.8 Å². The van der Waals surface area contributed by atoms with Crippen molar-refractivity contribution < 1.29 is 14.6 Å². The number of carbonyl (C=O) groups excluding carboxylic acids is 1. The lowest BCUT2D eigenvalue weighted by atomic mass is 9.79. The third kappa shape index (κ3) is 6.10. The summed E-state index contributed by atoms with van der Waals surface area (Å²) in [6.45, 7) is 8.15. The summed E-state index contributed by atoms with van der Waals surface area (Å²) in [6, 6.07) is 21.9. The molecule has 182 valence electrons. The molecule has 35 heavy (non-hydrogen) atoms. The van der Waals surface area contributed by atoms with Crippen molar-refractivity contribution in [2.45, 2.75) is 58.5 Å². The van der Waals surface area contributed by atoms with Crippen LogP contribution in [0.15, 0.2) is 73.3 Å². The zero-order valence-electron chi connectivity index (χ0n) is 20.9. The maximum absolute atomic E-state index is 11.4. The van der Waals surface area contributed by atoms with Gasteiger partial charge in [-0.05, 0) is 76.1 Å². The second kappa shape index (κ2) is 11.5. The molecule has 0 aromatic heterocycles. The molecule has 1 N–H and O–H groups in total. The topological polar surface area (TPSA) is 46.5 Å². The first-order chi connectivity index (χ1) is 17.0. The predicted molar refractivity (Wildman–Crippen MR) is 143 cm³/mol. The van der Waals surface area contributed by atoms with E-state index >= 15 is 0 Å². The zero-order valence-corrected chi connectivity index (χ0v) is 20.9. The van der Waals surface area contributed by atoms with Gasteiger partial charge in [0, 0.05) is 12.5 Å². The van der Waals surface area contributed by atoms with Crippen LogP contribution in [0.1, 0.15) is 60.8 Å². The lowest BCUT2D eigenvalue weighted by Gasteiger charge is -2.26. The number of ether oxygens (including phenoxy) is 1. The number of carbonyl (C=O) groups is 1. The molecule has 3 heteroatoms. The van der Waals surface area contributed by atoms with E-state index in [-0.39, 0.29) is 13.2 Å². The Labute approximate surface area is 209 Å². The Bertz CT molecular complexity index is 1170. The molecule has 3 nitrogen and oxygen atoms in total. The van der Waals surface area contributed by atoms with Gasteiger partial charge in [-0.25, -0.2) is 4.79 Å². The molecule has 0 unspecified atom stereocenters. The number of rotatable bonds is 8. The van der Waals surface area contributed by atoms with Crippen LogP contribution < -0.4 is 0 Å². The standard InChI is InChI=1S/C32H36O3/c1-4-32(34)35-18-17-28-20-29(13-14-30(28)21-33)31-16-15-27(19-23(31)3)26-11-9-25(10-12-26)24-7-5-22(2)6-8-24/h4,9-16,19-20,22,24,33H,1,5-8,17-18,21H2,2-3H3. The van der Waals surface area contributed by atoms with Crippen LogP contribution in [0.5, 0.6) is 0 Å². The van der Waals surface area contributed by atoms with Crippen molar-refractivity contribution in [1.82, 2.24) is 0 Å². The molecule has 4 rings (SSSR count). The van der Waals surface area contributed by atoms with Gasteiger partial charge in [0.2, 0.25) is 0 Å². The van der Waals surface area contributed by atoms with E-state index in [1.807, 2.05) is 12.1 Å². The summed E-state index contributed by atoms with van der Waals surface area (Å²) in [6.07, 6.45) is 7.01. The number of hydrogen-bond acceptors (Lipinski definition) is 3. The van der Waals surface area contributed by atoms with Crippen molar-refractivity contribution in [3.8, 4) is 22.3 Å². The second-order valence-corrected chi connectivity index (χ2v) is 9.87. The molecular weight excluding hydrogens is 432 g/mol. The van der Waals surface area contributed by atoms with Gasteiger partial charge >= 0.3 is 5.97 Å². The predicted octanol–water partition coefficient (Wildman–Crippen LogP) is 7.39. The molecule has 3 aromatic rings. The summed E-state index contributed by atoms with van der Waals surface area (Å²) >= 11 is 0. The highest BCUT2D eigenvalue weighted by molar-refractivity contribution is 5.81. The molecule has 0 amide bonds. The molecule has 0 aliphatic heterocycles. The normalized spacial score (nSPS) is 17.7. The third-order valence-corrected chi connectivity index (χ3v) is 7.43. The van der Waals surface area contributed by atoms with Crippen molar-refractivity contribution in [2.75, 3.05) is 6.61 Å². The number of aliphatic hydroxyl groups excluding tert-OH is 1. The summed E-state index contributed by atoms with van der Waals surface area (Å²) < 4.78 is 5.14. The molecule has 1 saturated carbocycles. The Morgan fingerprint density at radius 1 is 0.943 bits per heavy atom. The summed E-state index contributed by atoms with van der Waals surface area (Å²) in [5.74, 6) is 1.15. The molecule has 1 aliphatic carbocycles. The number of benzene rings is 3. The lowest BCUT2D eigenvalue weighted by Crippen LogP contribution is -2.10. The number of esters is 1. The van der Waals surface area contributed by atoms with Gasteiger partial charge in [-0.1, -0.05) is 87.0 Å². The zero-order chi connectivity index (χ0) is 24.8. The molecule has 0 atom stereocenters. The highest BCUT2D eigenvalue weighted by Gasteiger charge is 2.19. The fourth-order valence-corrected chi connectivity index (χ4v) is 5.21. The Morgan fingerprint density at radius 2 is 1.63 bits per heavy atom. The molecular formula is C32H36O3. The van der Waals surface area contributed by atoms with Crippen molar-refractivity contribution in [3.63, 3.8) is 0 Å². The first-order valence-corrected chi connectivity index (χ1v) is 12.7. The third-order valence-electron chi connectivity index (χ3n) is 7.43. The van der Waals surface area contributed by atoms with Crippen LogP contribution in [0.25, 0.3) is 22.3 Å². The quantitative estimate of drug-likeness (QED) is 0.277. The van der Waals surface area contributed by atoms with Gasteiger partial charge in [-0.2, -0.15) is 0 Å². The minimum absolute atomic E-state index is 0.0428. The van der Waals surface area contributed by atoms with Crippen molar-refractivity contribution in [3.05, 3.63) is 95.6 Å². The molecule has 0 heterocycles. The van der Waals surface area contributed by atoms with Crippen molar-refractivity contribution >= 4 is 5.97 Å². The monoisotopic (exact) mass is 468 g/mol. The van der Waals surface area contributed by atoms with Crippen LogP contribution >= 0.6 is 0 Å². The first-order valence-electron chi connectivity index (χ1n) is 12.7. The minimum atomic E-state index is -0.431. The Balaban J connectivity index is 1.51. The fourth-order valence-electron chi connectivity index (χ4n) is 5.21. The van der Waals surface area contributed by atoms with Crippen LogP contribution in [0.4, 0.5) is 0 Å². The van der Waals surface area contributed by atoms with Gasteiger partial charge in [0.15, 0.2) is 0 Å². The molecule has 0 saturated heterocycles. The molecule has 3 aromatic carbocycles. The molecule has 1 fully saturated rings. The smallest absolute Gasteiger partial charge is 0.330 e. The molecule has 0 spiro atoms. The minimum Gasteiger partial charge on any atom is -0.462 e. The van der Waals surface area contributed by atoms with Crippen LogP contribution in [0.2, 0.25) is 0 Å². The first kappa shape index (κ1) is 24.9.